The second-order valence-corrected chi connectivity index (χ2v) is 8.90. The minimum absolute atomic E-state index is 0.0577. The average Bonchev–Trinajstić information content (AvgIpc) is 3.33. The number of amides is 1. The number of rotatable bonds is 10. The first-order valence-electron chi connectivity index (χ1n) is 11.2. The van der Waals surface area contributed by atoms with Crippen molar-refractivity contribution in [2.24, 2.45) is 0 Å². The Morgan fingerprint density at radius 3 is 2.21 bits per heavy atom. The molecule has 34 heavy (non-hydrogen) atoms. The molecule has 1 aromatic heterocycles. The fourth-order valence-corrected chi connectivity index (χ4v) is 4.49. The zero-order valence-corrected chi connectivity index (χ0v) is 19.8. The van der Waals surface area contributed by atoms with Crippen LogP contribution in [0.3, 0.4) is 0 Å². The number of carbonyl (C=O) groups excluding carboxylic acids is 1. The van der Waals surface area contributed by atoms with Crippen molar-refractivity contribution in [1.29, 1.82) is 0 Å². The molecule has 0 atom stereocenters. The van der Waals surface area contributed by atoms with Crippen LogP contribution in [0.25, 0.3) is 0 Å². The Balaban J connectivity index is 1.29. The predicted octanol–water partition coefficient (Wildman–Crippen LogP) is 5.04. The number of nitrogens with one attached hydrogen (secondary N) is 1. The normalized spacial score (nSPS) is 10.9. The summed E-state index contributed by atoms with van der Waals surface area (Å²) in [6, 6.07) is 27.1. The van der Waals surface area contributed by atoms with Crippen molar-refractivity contribution in [3.05, 3.63) is 113 Å². The van der Waals surface area contributed by atoms with Crippen LogP contribution in [0.5, 0.6) is 0 Å². The summed E-state index contributed by atoms with van der Waals surface area (Å²) in [7, 11) is 1.83. The first-order chi connectivity index (χ1) is 16.6. The van der Waals surface area contributed by atoms with Crippen LogP contribution in [0, 0.1) is 5.82 Å². The molecule has 4 aromatic rings. The van der Waals surface area contributed by atoms with Crippen molar-refractivity contribution < 1.29 is 9.18 Å². The number of likely N-dealkylation sites (N-methyl/N-ethyl adjacent to an activating group) is 1. The van der Waals surface area contributed by atoms with Crippen LogP contribution in [0.4, 0.5) is 9.52 Å². The molecule has 0 fully saturated rings. The van der Waals surface area contributed by atoms with Gasteiger partial charge >= 0.3 is 0 Å². The summed E-state index contributed by atoms with van der Waals surface area (Å²) in [4.78, 5) is 18.9. The van der Waals surface area contributed by atoms with E-state index in [-0.39, 0.29) is 24.2 Å². The highest BCUT2D eigenvalue weighted by molar-refractivity contribution is 7.09. The molecule has 1 heterocycles. The molecule has 5 nitrogen and oxygen atoms in total. The molecule has 174 valence electrons. The van der Waals surface area contributed by atoms with Crippen molar-refractivity contribution in [2.45, 2.75) is 18.8 Å². The molecule has 0 saturated carbocycles. The lowest BCUT2D eigenvalue weighted by atomic mass is 9.88. The quantitative estimate of drug-likeness (QED) is 0.350. The number of anilines is 1. The molecule has 7 heteroatoms. The lowest BCUT2D eigenvalue weighted by molar-refractivity contribution is -0.119. The number of nitrogens with zero attached hydrogens (tertiary/aromatic N) is 3. The van der Waals surface area contributed by atoms with Crippen LogP contribution in [0.2, 0.25) is 0 Å². The predicted molar refractivity (Wildman–Crippen MR) is 135 cm³/mol. The molecule has 0 aliphatic rings. The molecule has 0 radical (unpaired) electrons. The zero-order chi connectivity index (χ0) is 23.8. The summed E-state index contributed by atoms with van der Waals surface area (Å²) < 4.78 is 17.5. The van der Waals surface area contributed by atoms with Gasteiger partial charge in [0.2, 0.25) is 11.0 Å². The van der Waals surface area contributed by atoms with Crippen molar-refractivity contribution in [3.63, 3.8) is 0 Å². The number of hydrogen-bond acceptors (Lipinski definition) is 5. The topological polar surface area (TPSA) is 58.1 Å². The Labute approximate surface area is 203 Å². The molecule has 4 rings (SSSR count). The summed E-state index contributed by atoms with van der Waals surface area (Å²) in [6.07, 6.45) is 1.33. The third-order valence-corrected chi connectivity index (χ3v) is 6.47. The molecule has 0 saturated heterocycles. The van der Waals surface area contributed by atoms with Gasteiger partial charge in [-0.25, -0.2) is 9.37 Å². The van der Waals surface area contributed by atoms with E-state index in [1.807, 2.05) is 43.4 Å². The lowest BCUT2D eigenvalue weighted by Crippen LogP contribution is -2.36. The monoisotopic (exact) mass is 474 g/mol. The highest BCUT2D eigenvalue weighted by Gasteiger charge is 2.16. The fourth-order valence-electron chi connectivity index (χ4n) is 3.85. The van der Waals surface area contributed by atoms with Crippen LogP contribution in [0.15, 0.2) is 84.9 Å². The maximum Gasteiger partial charge on any atom is 0.239 e. The highest BCUT2D eigenvalue weighted by atomic mass is 32.1. The van der Waals surface area contributed by atoms with Gasteiger partial charge in [0.15, 0.2) is 0 Å². The van der Waals surface area contributed by atoms with Gasteiger partial charge in [0.05, 0.1) is 6.54 Å². The van der Waals surface area contributed by atoms with E-state index in [9.17, 15) is 9.18 Å². The van der Waals surface area contributed by atoms with Gasteiger partial charge in [-0.15, -0.1) is 0 Å². The van der Waals surface area contributed by atoms with Crippen molar-refractivity contribution >= 4 is 22.6 Å². The van der Waals surface area contributed by atoms with Gasteiger partial charge < -0.3 is 10.2 Å². The summed E-state index contributed by atoms with van der Waals surface area (Å²) in [6.45, 7) is 0.777. The van der Waals surface area contributed by atoms with E-state index in [4.69, 9.17) is 0 Å². The number of benzene rings is 3. The lowest BCUT2D eigenvalue weighted by Gasteiger charge is -2.19. The van der Waals surface area contributed by atoms with Gasteiger partial charge in [-0.2, -0.15) is 4.37 Å². The Kier molecular flexibility index (Phi) is 7.99. The smallest absolute Gasteiger partial charge is 0.239 e. The van der Waals surface area contributed by atoms with Crippen molar-refractivity contribution in [3.8, 4) is 0 Å². The second-order valence-electron chi connectivity index (χ2n) is 8.17. The minimum atomic E-state index is -0.264. The van der Waals surface area contributed by atoms with Crippen LogP contribution < -0.4 is 10.2 Å². The van der Waals surface area contributed by atoms with E-state index in [0.717, 1.165) is 12.0 Å². The fraction of sp³-hybridized carbons (Fsp3) is 0.222. The summed E-state index contributed by atoms with van der Waals surface area (Å²) in [5, 5.41) is 3.72. The maximum absolute atomic E-state index is 13.1. The Bertz CT molecular complexity index is 1140. The molecule has 0 aliphatic heterocycles. The molecule has 0 spiro atoms. The largest absolute Gasteiger partial charge is 0.355 e. The molecule has 3 aromatic carbocycles. The molecule has 1 amide bonds. The van der Waals surface area contributed by atoms with Crippen LogP contribution in [0.1, 0.15) is 34.9 Å². The van der Waals surface area contributed by atoms with Crippen LogP contribution >= 0.6 is 11.5 Å². The van der Waals surface area contributed by atoms with Crippen LogP contribution in [-0.2, 0) is 11.2 Å². The van der Waals surface area contributed by atoms with Crippen molar-refractivity contribution in [2.75, 3.05) is 25.0 Å². The van der Waals surface area contributed by atoms with Crippen molar-refractivity contribution in [1.82, 2.24) is 14.7 Å². The minimum Gasteiger partial charge on any atom is -0.355 e. The molecule has 1 N–H and O–H groups in total. The number of hydrogen-bond donors (Lipinski definition) is 1. The first-order valence-corrected chi connectivity index (χ1v) is 12.0. The van der Waals surface area contributed by atoms with Gasteiger partial charge in [-0.1, -0.05) is 72.8 Å². The van der Waals surface area contributed by atoms with Gasteiger partial charge in [-0.3, -0.25) is 4.79 Å². The Morgan fingerprint density at radius 1 is 0.971 bits per heavy atom. The number of carbonyl (C=O) groups is 1. The van der Waals surface area contributed by atoms with E-state index in [0.29, 0.717) is 23.9 Å². The molecule has 0 unspecified atom stereocenters. The van der Waals surface area contributed by atoms with Gasteiger partial charge in [0.25, 0.3) is 0 Å². The summed E-state index contributed by atoms with van der Waals surface area (Å²) >= 11 is 1.26. The Hall–Kier alpha value is -3.58. The Morgan fingerprint density at radius 2 is 1.59 bits per heavy atom. The van der Waals surface area contributed by atoms with E-state index < -0.39 is 0 Å². The standard InChI is InChI=1S/C27H27FN4OS/c1-32(27-30-25(31-34-27)18-20-12-14-23(28)15-13-20)19-26(33)29-17-16-24(21-8-4-2-5-9-21)22-10-6-3-7-11-22/h2-15,24H,16-19H2,1H3,(H,29,33). The van der Waals surface area contributed by atoms with Gasteiger partial charge in [0, 0.05) is 37.5 Å². The first kappa shape index (κ1) is 23.6. The highest BCUT2D eigenvalue weighted by Crippen LogP contribution is 2.27. The van der Waals surface area contributed by atoms with Crippen LogP contribution in [-0.4, -0.2) is 35.4 Å². The zero-order valence-electron chi connectivity index (χ0n) is 19.0. The molecular formula is C27H27FN4OS. The molecule has 0 aliphatic carbocycles. The SMILES string of the molecule is CN(CC(=O)NCCC(c1ccccc1)c1ccccc1)c1nc(Cc2ccc(F)cc2)ns1. The number of halogens is 1. The van der Waals surface area contributed by atoms with E-state index in [1.54, 1.807) is 17.0 Å². The average molecular weight is 475 g/mol. The molecule has 0 bridgehead atoms. The van der Waals surface area contributed by atoms with E-state index >= 15 is 0 Å². The van der Waals surface area contributed by atoms with Gasteiger partial charge in [0.1, 0.15) is 11.6 Å². The number of aromatic nitrogens is 2. The van der Waals surface area contributed by atoms with Gasteiger partial charge in [-0.05, 0) is 35.2 Å². The van der Waals surface area contributed by atoms with E-state index in [2.05, 4.69) is 38.9 Å². The third-order valence-electron chi connectivity index (χ3n) is 5.60. The second kappa shape index (κ2) is 11.5. The third kappa shape index (κ3) is 6.48. The summed E-state index contributed by atoms with van der Waals surface area (Å²) in [5.74, 6) is 0.558. The maximum atomic E-state index is 13.1. The summed E-state index contributed by atoms with van der Waals surface area (Å²) in [5.41, 5.74) is 3.42. The van der Waals surface area contributed by atoms with E-state index in [1.165, 1.54) is 34.8 Å². The molecular weight excluding hydrogens is 447 g/mol.